The summed E-state index contributed by atoms with van der Waals surface area (Å²) in [5.74, 6) is 0. The van der Waals surface area contributed by atoms with E-state index in [9.17, 15) is 0 Å². The van der Waals surface area contributed by atoms with E-state index in [4.69, 9.17) is 0 Å². The molecule has 4 aromatic rings. The van der Waals surface area contributed by atoms with Crippen LogP contribution < -0.4 is 0 Å². The van der Waals surface area contributed by atoms with Gasteiger partial charge < -0.3 is 0 Å². The Morgan fingerprint density at radius 3 is 2.44 bits per heavy atom. The lowest BCUT2D eigenvalue weighted by atomic mass is 10.2. The van der Waals surface area contributed by atoms with E-state index in [0.717, 1.165) is 16.2 Å². The molecule has 1 unspecified atom stereocenters. The van der Waals surface area contributed by atoms with E-state index in [0.29, 0.717) is 6.54 Å². The molecule has 2 aromatic carbocycles. The van der Waals surface area contributed by atoms with Crippen molar-refractivity contribution in [3.8, 4) is 0 Å². The van der Waals surface area contributed by atoms with Crippen LogP contribution >= 0.6 is 11.8 Å². The molecule has 5 nitrogen and oxygen atoms in total. The highest BCUT2D eigenvalue weighted by Gasteiger charge is 2.15. The number of nitrogens with zero attached hydrogens (tertiary/aromatic N) is 5. The lowest BCUT2D eigenvalue weighted by Crippen LogP contribution is -2.03. The topological polar surface area (TPSA) is 56.5 Å². The number of benzene rings is 2. The molecule has 0 bridgehead atoms. The number of aromatic nitrogens is 5. The van der Waals surface area contributed by atoms with Crippen LogP contribution in [0.2, 0.25) is 0 Å². The van der Waals surface area contributed by atoms with E-state index >= 15 is 0 Å². The Morgan fingerprint density at radius 2 is 1.68 bits per heavy atom. The minimum absolute atomic E-state index is 0.276. The average molecular weight is 347 g/mol. The smallest absolute Gasteiger partial charge is 0.183 e. The Hall–Kier alpha value is -2.73. The first-order chi connectivity index (χ1) is 12.3. The lowest BCUT2D eigenvalue weighted by molar-refractivity contribution is 0.664. The molecule has 0 amide bonds. The van der Waals surface area contributed by atoms with Gasteiger partial charge in [0.25, 0.3) is 0 Å². The van der Waals surface area contributed by atoms with Gasteiger partial charge >= 0.3 is 0 Å². The minimum Gasteiger partial charge on any atom is -0.227 e. The molecule has 0 saturated heterocycles. The van der Waals surface area contributed by atoms with Crippen molar-refractivity contribution in [3.05, 3.63) is 78.1 Å². The molecule has 1 atom stereocenters. The van der Waals surface area contributed by atoms with Gasteiger partial charge in [-0.15, -0.1) is 5.10 Å². The predicted molar refractivity (Wildman–Crippen MR) is 99.4 cm³/mol. The summed E-state index contributed by atoms with van der Waals surface area (Å²) in [7, 11) is 0. The standard InChI is InChI=1S/C19H17N5S/c1-14(16-10-6-3-7-11-16)25-19-17-18(20-13-21-19)24(23-22-17)12-15-8-4-2-5-9-15/h2-11,13-14H,12H2,1H3. The molecule has 4 rings (SSSR count). The molecule has 0 spiro atoms. The van der Waals surface area contributed by atoms with Gasteiger partial charge in [0.05, 0.1) is 6.54 Å². The fraction of sp³-hybridized carbons (Fsp3) is 0.158. The maximum Gasteiger partial charge on any atom is 0.183 e. The monoisotopic (exact) mass is 347 g/mol. The first-order valence-electron chi connectivity index (χ1n) is 8.11. The number of rotatable bonds is 5. The fourth-order valence-corrected chi connectivity index (χ4v) is 3.66. The molecule has 6 heteroatoms. The van der Waals surface area contributed by atoms with Crippen LogP contribution in [0.25, 0.3) is 11.2 Å². The Bertz CT molecular complexity index is 969. The van der Waals surface area contributed by atoms with E-state index in [1.165, 1.54) is 11.1 Å². The maximum atomic E-state index is 4.43. The minimum atomic E-state index is 0.276. The van der Waals surface area contributed by atoms with E-state index in [1.54, 1.807) is 18.1 Å². The first-order valence-corrected chi connectivity index (χ1v) is 8.99. The Morgan fingerprint density at radius 1 is 0.960 bits per heavy atom. The first kappa shape index (κ1) is 15.8. The van der Waals surface area contributed by atoms with Crippen molar-refractivity contribution in [2.75, 3.05) is 0 Å². The van der Waals surface area contributed by atoms with Crippen LogP contribution in [0.5, 0.6) is 0 Å². The second-order valence-electron chi connectivity index (χ2n) is 5.75. The van der Waals surface area contributed by atoms with Crippen LogP contribution in [0.3, 0.4) is 0 Å². The van der Waals surface area contributed by atoms with Crippen molar-refractivity contribution >= 4 is 22.9 Å². The summed E-state index contributed by atoms with van der Waals surface area (Å²) >= 11 is 1.68. The molecule has 0 aliphatic heterocycles. The van der Waals surface area contributed by atoms with Gasteiger partial charge in [0.15, 0.2) is 11.2 Å². The SMILES string of the molecule is CC(Sc1ncnc2c1nnn2Cc1ccccc1)c1ccccc1. The van der Waals surface area contributed by atoms with E-state index in [1.807, 2.05) is 28.9 Å². The quantitative estimate of drug-likeness (QED) is 0.401. The summed E-state index contributed by atoms with van der Waals surface area (Å²) in [6.07, 6.45) is 1.59. The summed E-state index contributed by atoms with van der Waals surface area (Å²) < 4.78 is 1.82. The molecule has 124 valence electrons. The molecule has 0 aliphatic rings. The summed E-state index contributed by atoms with van der Waals surface area (Å²) in [6, 6.07) is 20.6. The fourth-order valence-electron chi connectivity index (χ4n) is 2.68. The molecule has 2 heterocycles. The van der Waals surface area contributed by atoms with Crippen molar-refractivity contribution in [1.82, 2.24) is 25.0 Å². The van der Waals surface area contributed by atoms with Crippen LogP contribution in [0, 0.1) is 0 Å². The maximum absolute atomic E-state index is 4.43. The van der Waals surface area contributed by atoms with Crippen LogP contribution in [0.4, 0.5) is 0 Å². The second kappa shape index (κ2) is 7.03. The Kier molecular flexibility index (Phi) is 4.43. The summed E-state index contributed by atoms with van der Waals surface area (Å²) in [5.41, 5.74) is 3.95. The highest BCUT2D eigenvalue weighted by molar-refractivity contribution is 7.99. The van der Waals surface area contributed by atoms with E-state index < -0.39 is 0 Å². The van der Waals surface area contributed by atoms with Crippen LogP contribution in [-0.4, -0.2) is 25.0 Å². The number of hydrogen-bond donors (Lipinski definition) is 0. The van der Waals surface area contributed by atoms with E-state index in [2.05, 4.69) is 63.6 Å². The van der Waals surface area contributed by atoms with Gasteiger partial charge in [0, 0.05) is 5.25 Å². The molecule has 25 heavy (non-hydrogen) atoms. The summed E-state index contributed by atoms with van der Waals surface area (Å²) in [6.45, 7) is 2.81. The molecule has 0 aliphatic carbocycles. The van der Waals surface area contributed by atoms with Crippen LogP contribution in [-0.2, 0) is 6.54 Å². The Balaban J connectivity index is 1.63. The number of fused-ring (bicyclic) bond motifs is 1. The molecular formula is C19H17N5S. The van der Waals surface area contributed by atoms with Crippen LogP contribution in [0.1, 0.15) is 23.3 Å². The second-order valence-corrected chi connectivity index (χ2v) is 7.08. The van der Waals surface area contributed by atoms with Crippen molar-refractivity contribution in [2.24, 2.45) is 0 Å². The summed E-state index contributed by atoms with van der Waals surface area (Å²) in [4.78, 5) is 8.82. The summed E-state index contributed by atoms with van der Waals surface area (Å²) in [5, 5.41) is 9.75. The molecule has 2 aromatic heterocycles. The van der Waals surface area contributed by atoms with E-state index in [-0.39, 0.29) is 5.25 Å². The average Bonchev–Trinajstić information content (AvgIpc) is 3.07. The number of hydrogen-bond acceptors (Lipinski definition) is 5. The van der Waals surface area contributed by atoms with Gasteiger partial charge in [0.2, 0.25) is 0 Å². The van der Waals surface area contributed by atoms with Crippen molar-refractivity contribution in [1.29, 1.82) is 0 Å². The predicted octanol–water partition coefficient (Wildman–Crippen LogP) is 4.12. The molecule has 0 radical (unpaired) electrons. The van der Waals surface area contributed by atoms with Crippen molar-refractivity contribution < 1.29 is 0 Å². The molecule has 0 fully saturated rings. The highest BCUT2D eigenvalue weighted by Crippen LogP contribution is 2.35. The third kappa shape index (κ3) is 3.39. The number of thioether (sulfide) groups is 1. The van der Waals surface area contributed by atoms with Gasteiger partial charge in [0.1, 0.15) is 11.4 Å². The molecular weight excluding hydrogens is 330 g/mol. The normalized spacial score (nSPS) is 12.4. The third-order valence-electron chi connectivity index (χ3n) is 4.00. The van der Waals surface area contributed by atoms with Gasteiger partial charge in [-0.2, -0.15) is 0 Å². The zero-order chi connectivity index (χ0) is 17.1. The zero-order valence-electron chi connectivity index (χ0n) is 13.8. The van der Waals surface area contributed by atoms with Crippen molar-refractivity contribution in [3.63, 3.8) is 0 Å². The van der Waals surface area contributed by atoms with Gasteiger partial charge in [-0.3, -0.25) is 0 Å². The molecule has 0 saturated carbocycles. The Labute approximate surface area is 150 Å². The molecule has 0 N–H and O–H groups in total. The van der Waals surface area contributed by atoms with Gasteiger partial charge in [-0.05, 0) is 18.1 Å². The highest BCUT2D eigenvalue weighted by atomic mass is 32.2. The van der Waals surface area contributed by atoms with Crippen molar-refractivity contribution in [2.45, 2.75) is 23.7 Å². The largest absolute Gasteiger partial charge is 0.227 e. The zero-order valence-corrected chi connectivity index (χ0v) is 14.6. The third-order valence-corrected chi connectivity index (χ3v) is 5.15. The van der Waals surface area contributed by atoms with Crippen LogP contribution in [0.15, 0.2) is 72.0 Å². The van der Waals surface area contributed by atoms with Gasteiger partial charge in [-0.25, -0.2) is 14.6 Å². The van der Waals surface area contributed by atoms with Gasteiger partial charge in [-0.1, -0.05) is 77.6 Å². The lowest BCUT2D eigenvalue weighted by Gasteiger charge is -2.10.